The van der Waals surface area contributed by atoms with Crippen molar-refractivity contribution in [1.29, 1.82) is 0 Å². The van der Waals surface area contributed by atoms with Gasteiger partial charge in [0.1, 0.15) is 0 Å². The molecule has 2 aromatic carbocycles. The van der Waals surface area contributed by atoms with Gasteiger partial charge in [0.2, 0.25) is 10.0 Å². The Labute approximate surface area is 153 Å². The van der Waals surface area contributed by atoms with Crippen molar-refractivity contribution in [2.24, 2.45) is 0 Å². The Hall–Kier alpha value is -1.01. The highest BCUT2D eigenvalue weighted by Crippen LogP contribution is 2.30. The van der Waals surface area contributed by atoms with Crippen LogP contribution >= 0.6 is 23.4 Å². The SMILES string of the molecule is CCCSC(CNS(=O)(=O)c1ccc(C)cc1)c1ccc(Cl)cc1. The number of hydrogen-bond donors (Lipinski definition) is 1. The Bertz CT molecular complexity index is 744. The zero-order valence-corrected chi connectivity index (χ0v) is 16.2. The van der Waals surface area contributed by atoms with Crippen molar-refractivity contribution in [1.82, 2.24) is 4.72 Å². The third-order valence-electron chi connectivity index (χ3n) is 3.55. The van der Waals surface area contributed by atoms with Gasteiger partial charge in [-0.25, -0.2) is 13.1 Å². The maximum Gasteiger partial charge on any atom is 0.240 e. The van der Waals surface area contributed by atoms with Crippen LogP contribution in [0.25, 0.3) is 0 Å². The molecular weight excluding hydrogens is 362 g/mol. The summed E-state index contributed by atoms with van der Waals surface area (Å²) < 4.78 is 27.7. The molecule has 1 N–H and O–H groups in total. The van der Waals surface area contributed by atoms with Crippen LogP contribution < -0.4 is 4.72 Å². The van der Waals surface area contributed by atoms with E-state index in [1.807, 2.05) is 31.2 Å². The van der Waals surface area contributed by atoms with Crippen molar-refractivity contribution in [2.45, 2.75) is 30.4 Å². The maximum absolute atomic E-state index is 12.5. The Morgan fingerprint density at radius 1 is 1.08 bits per heavy atom. The van der Waals surface area contributed by atoms with Crippen molar-refractivity contribution in [3.05, 3.63) is 64.7 Å². The van der Waals surface area contributed by atoms with E-state index in [1.54, 1.807) is 36.0 Å². The van der Waals surface area contributed by atoms with Crippen LogP contribution in [0.5, 0.6) is 0 Å². The topological polar surface area (TPSA) is 46.2 Å². The summed E-state index contributed by atoms with van der Waals surface area (Å²) in [5.41, 5.74) is 2.11. The molecule has 0 aliphatic rings. The fraction of sp³-hybridized carbons (Fsp3) is 0.333. The van der Waals surface area contributed by atoms with Gasteiger partial charge in [-0.1, -0.05) is 48.4 Å². The van der Waals surface area contributed by atoms with Crippen molar-refractivity contribution in [2.75, 3.05) is 12.3 Å². The van der Waals surface area contributed by atoms with E-state index in [4.69, 9.17) is 11.6 Å². The quantitative estimate of drug-likeness (QED) is 0.711. The predicted octanol–water partition coefficient (Wildman–Crippen LogP) is 4.81. The molecule has 6 heteroatoms. The first-order valence-electron chi connectivity index (χ1n) is 7.86. The van der Waals surface area contributed by atoms with Crippen molar-refractivity contribution in [3.63, 3.8) is 0 Å². The second-order valence-corrected chi connectivity index (χ2v) is 9.09. The van der Waals surface area contributed by atoms with Gasteiger partial charge in [-0.05, 0) is 48.9 Å². The summed E-state index contributed by atoms with van der Waals surface area (Å²) in [6, 6.07) is 14.5. The number of benzene rings is 2. The molecule has 0 amide bonds. The molecule has 0 spiro atoms. The first-order chi connectivity index (χ1) is 11.4. The van der Waals surface area contributed by atoms with E-state index in [1.165, 1.54) is 0 Å². The number of hydrogen-bond acceptors (Lipinski definition) is 3. The van der Waals surface area contributed by atoms with E-state index in [9.17, 15) is 8.42 Å². The van der Waals surface area contributed by atoms with Crippen LogP contribution in [-0.2, 0) is 10.0 Å². The van der Waals surface area contributed by atoms with Gasteiger partial charge in [0, 0.05) is 16.8 Å². The molecule has 3 nitrogen and oxygen atoms in total. The van der Waals surface area contributed by atoms with Crippen molar-refractivity contribution in [3.8, 4) is 0 Å². The second-order valence-electron chi connectivity index (χ2n) is 5.58. The first-order valence-corrected chi connectivity index (χ1v) is 10.8. The van der Waals surface area contributed by atoms with E-state index in [2.05, 4.69) is 11.6 Å². The molecule has 0 radical (unpaired) electrons. The summed E-state index contributed by atoms with van der Waals surface area (Å²) in [4.78, 5) is 0.295. The van der Waals surface area contributed by atoms with Crippen LogP contribution in [0, 0.1) is 6.92 Å². The van der Waals surface area contributed by atoms with Crippen LogP contribution in [0.15, 0.2) is 53.4 Å². The van der Waals surface area contributed by atoms with Crippen LogP contribution in [0.3, 0.4) is 0 Å². The third kappa shape index (κ3) is 5.52. The maximum atomic E-state index is 12.5. The molecule has 0 heterocycles. The summed E-state index contributed by atoms with van der Waals surface area (Å²) in [6.07, 6.45) is 1.04. The Balaban J connectivity index is 2.11. The van der Waals surface area contributed by atoms with E-state index < -0.39 is 10.0 Å². The lowest BCUT2D eigenvalue weighted by Gasteiger charge is -2.18. The molecule has 0 fully saturated rings. The second kappa shape index (κ2) is 8.90. The molecule has 24 heavy (non-hydrogen) atoms. The number of aryl methyl sites for hydroxylation is 1. The normalized spacial score (nSPS) is 13.0. The van der Waals surface area contributed by atoms with E-state index in [0.717, 1.165) is 23.3 Å². The molecule has 0 bridgehead atoms. The van der Waals surface area contributed by atoms with Gasteiger partial charge in [-0.3, -0.25) is 0 Å². The summed E-state index contributed by atoms with van der Waals surface area (Å²) in [6.45, 7) is 4.40. The van der Waals surface area contributed by atoms with Crippen LogP contribution in [0.1, 0.15) is 29.7 Å². The lowest BCUT2D eigenvalue weighted by Crippen LogP contribution is -2.27. The fourth-order valence-corrected chi connectivity index (χ4v) is 4.55. The minimum Gasteiger partial charge on any atom is -0.210 e. The highest BCUT2D eigenvalue weighted by molar-refractivity contribution is 7.99. The van der Waals surface area contributed by atoms with E-state index >= 15 is 0 Å². The molecule has 1 unspecified atom stereocenters. The molecular formula is C18H22ClNO2S2. The molecule has 130 valence electrons. The highest BCUT2D eigenvalue weighted by Gasteiger charge is 2.18. The molecule has 0 aliphatic carbocycles. The van der Waals surface area contributed by atoms with Crippen molar-refractivity contribution >= 4 is 33.4 Å². The van der Waals surface area contributed by atoms with Gasteiger partial charge in [-0.15, -0.1) is 0 Å². The Morgan fingerprint density at radius 3 is 2.29 bits per heavy atom. The first kappa shape index (κ1) is 19.3. The molecule has 2 aromatic rings. The largest absolute Gasteiger partial charge is 0.240 e. The minimum absolute atomic E-state index is 0.0578. The number of thioether (sulfide) groups is 1. The van der Waals surface area contributed by atoms with Crippen molar-refractivity contribution < 1.29 is 8.42 Å². The number of halogens is 1. The smallest absolute Gasteiger partial charge is 0.210 e. The molecule has 0 saturated carbocycles. The number of sulfonamides is 1. The summed E-state index contributed by atoms with van der Waals surface area (Å²) >= 11 is 7.69. The lowest BCUT2D eigenvalue weighted by molar-refractivity contribution is 0.581. The van der Waals surface area contributed by atoms with Gasteiger partial charge in [0.25, 0.3) is 0 Å². The zero-order valence-electron chi connectivity index (χ0n) is 13.8. The third-order valence-corrected chi connectivity index (χ3v) is 6.73. The predicted molar refractivity (Wildman–Crippen MR) is 103 cm³/mol. The van der Waals surface area contributed by atoms with E-state index in [0.29, 0.717) is 16.5 Å². The average Bonchev–Trinajstić information content (AvgIpc) is 2.56. The summed E-state index contributed by atoms with van der Waals surface area (Å²) in [7, 11) is -3.50. The minimum atomic E-state index is -3.50. The van der Waals surface area contributed by atoms with Gasteiger partial charge in [0.05, 0.1) is 4.90 Å². The van der Waals surface area contributed by atoms with Gasteiger partial charge >= 0.3 is 0 Å². The lowest BCUT2D eigenvalue weighted by atomic mass is 10.1. The molecule has 2 rings (SSSR count). The highest BCUT2D eigenvalue weighted by atomic mass is 35.5. The van der Waals surface area contributed by atoms with Crippen LogP contribution in [0.2, 0.25) is 5.02 Å². The molecule has 1 atom stereocenters. The fourth-order valence-electron chi connectivity index (χ4n) is 2.20. The van der Waals surface area contributed by atoms with Crippen LogP contribution in [-0.4, -0.2) is 20.7 Å². The zero-order chi connectivity index (χ0) is 17.6. The van der Waals surface area contributed by atoms with Gasteiger partial charge in [0.15, 0.2) is 0 Å². The summed E-state index contributed by atoms with van der Waals surface area (Å²) in [5.74, 6) is 0.972. The van der Waals surface area contributed by atoms with Crippen LogP contribution in [0.4, 0.5) is 0 Å². The monoisotopic (exact) mass is 383 g/mol. The number of nitrogens with one attached hydrogen (secondary N) is 1. The molecule has 0 saturated heterocycles. The standard InChI is InChI=1S/C18H22ClNO2S2/c1-3-12-23-18(15-6-8-16(19)9-7-15)13-20-24(21,22)17-10-4-14(2)5-11-17/h4-11,18,20H,3,12-13H2,1-2H3. The Kier molecular flexibility index (Phi) is 7.16. The molecule has 0 aromatic heterocycles. The van der Waals surface area contributed by atoms with E-state index in [-0.39, 0.29) is 5.25 Å². The average molecular weight is 384 g/mol. The Morgan fingerprint density at radius 2 is 1.71 bits per heavy atom. The molecule has 0 aliphatic heterocycles. The van der Waals surface area contributed by atoms with Gasteiger partial charge < -0.3 is 0 Å². The van der Waals surface area contributed by atoms with Gasteiger partial charge in [-0.2, -0.15) is 11.8 Å². The summed E-state index contributed by atoms with van der Waals surface area (Å²) in [5, 5.41) is 0.737. The number of rotatable bonds is 8.